The van der Waals surface area contributed by atoms with Crippen LogP contribution in [0, 0.1) is 23.7 Å². The molecule has 5 heteroatoms. The van der Waals surface area contributed by atoms with Crippen LogP contribution in [-0.2, 0) is 14.3 Å². The van der Waals surface area contributed by atoms with E-state index in [0.717, 1.165) is 12.8 Å². The van der Waals surface area contributed by atoms with Gasteiger partial charge in [0.25, 0.3) is 0 Å². The quantitative estimate of drug-likeness (QED) is 0.556. The summed E-state index contributed by atoms with van der Waals surface area (Å²) in [7, 11) is 1.34. The molecule has 20 heavy (non-hydrogen) atoms. The number of ether oxygens (including phenoxy) is 2. The highest BCUT2D eigenvalue weighted by atomic mass is 16.6. The lowest BCUT2D eigenvalue weighted by Crippen LogP contribution is -2.23. The molecule has 1 fully saturated rings. The number of methoxy groups -OCH3 is 1. The number of esters is 1. The fraction of sp³-hybridized carbons (Fsp3) is 0.800. The van der Waals surface area contributed by atoms with Crippen LogP contribution in [0.3, 0.4) is 0 Å². The first-order valence-corrected chi connectivity index (χ1v) is 7.20. The third kappa shape index (κ3) is 3.22. The fourth-order valence-corrected chi connectivity index (χ4v) is 3.45. The van der Waals surface area contributed by atoms with Crippen molar-refractivity contribution < 1.29 is 24.5 Å². The predicted octanol–water partition coefficient (Wildman–Crippen LogP) is 0.748. The normalized spacial score (nSPS) is 33.7. The summed E-state index contributed by atoms with van der Waals surface area (Å²) in [5, 5.41) is 19.3. The molecule has 0 spiro atoms. The van der Waals surface area contributed by atoms with Crippen molar-refractivity contribution in [2.45, 2.75) is 25.9 Å². The van der Waals surface area contributed by atoms with Gasteiger partial charge in [0.05, 0.1) is 19.8 Å². The summed E-state index contributed by atoms with van der Waals surface area (Å²) in [6.07, 6.45) is 3.51. The molecule has 5 nitrogen and oxygen atoms in total. The molecule has 0 bridgehead atoms. The van der Waals surface area contributed by atoms with E-state index in [4.69, 9.17) is 4.74 Å². The topological polar surface area (TPSA) is 76.0 Å². The molecule has 1 saturated carbocycles. The third-order valence-electron chi connectivity index (χ3n) is 4.67. The van der Waals surface area contributed by atoms with Crippen LogP contribution in [0.15, 0.2) is 11.6 Å². The number of carbonyl (C=O) groups is 1. The molecule has 2 aliphatic carbocycles. The van der Waals surface area contributed by atoms with E-state index in [2.05, 4.69) is 17.7 Å². The molecule has 0 amide bonds. The van der Waals surface area contributed by atoms with Crippen LogP contribution in [0.2, 0.25) is 0 Å². The zero-order valence-electron chi connectivity index (χ0n) is 12.1. The van der Waals surface area contributed by atoms with Crippen molar-refractivity contribution in [1.82, 2.24) is 0 Å². The average Bonchev–Trinajstić information content (AvgIpc) is 2.94. The lowest BCUT2D eigenvalue weighted by molar-refractivity contribution is -0.146. The van der Waals surface area contributed by atoms with Crippen molar-refractivity contribution in [3.63, 3.8) is 0 Å². The summed E-state index contributed by atoms with van der Waals surface area (Å²) >= 11 is 0. The summed E-state index contributed by atoms with van der Waals surface area (Å²) in [6, 6.07) is 0. The zero-order valence-corrected chi connectivity index (χ0v) is 12.1. The lowest BCUT2D eigenvalue weighted by Gasteiger charge is -2.20. The van der Waals surface area contributed by atoms with E-state index in [0.29, 0.717) is 18.4 Å². The van der Waals surface area contributed by atoms with Gasteiger partial charge in [0, 0.05) is 18.4 Å². The first kappa shape index (κ1) is 15.5. The van der Waals surface area contributed by atoms with Crippen molar-refractivity contribution >= 4 is 5.97 Å². The summed E-state index contributed by atoms with van der Waals surface area (Å²) < 4.78 is 9.87. The second-order valence-corrected chi connectivity index (χ2v) is 5.92. The van der Waals surface area contributed by atoms with Gasteiger partial charge >= 0.3 is 5.97 Å². The molecule has 0 aromatic heterocycles. The number of hydrogen-bond acceptors (Lipinski definition) is 5. The van der Waals surface area contributed by atoms with Crippen LogP contribution in [-0.4, -0.2) is 49.2 Å². The Morgan fingerprint density at radius 2 is 2.30 bits per heavy atom. The second-order valence-electron chi connectivity index (χ2n) is 5.92. The van der Waals surface area contributed by atoms with Crippen LogP contribution in [0.25, 0.3) is 0 Å². The van der Waals surface area contributed by atoms with Crippen LogP contribution >= 0.6 is 0 Å². The van der Waals surface area contributed by atoms with Gasteiger partial charge in [-0.05, 0) is 24.7 Å². The van der Waals surface area contributed by atoms with Gasteiger partial charge in [-0.1, -0.05) is 18.6 Å². The van der Waals surface area contributed by atoms with E-state index >= 15 is 0 Å². The van der Waals surface area contributed by atoms with Gasteiger partial charge in [-0.2, -0.15) is 0 Å². The molecule has 2 aliphatic rings. The number of carbonyl (C=O) groups excluding carboxylic acids is 1. The number of aliphatic hydroxyl groups is 2. The van der Waals surface area contributed by atoms with Crippen molar-refractivity contribution in [3.05, 3.63) is 11.6 Å². The van der Waals surface area contributed by atoms with E-state index in [9.17, 15) is 15.0 Å². The van der Waals surface area contributed by atoms with Gasteiger partial charge in [0.15, 0.2) is 0 Å². The van der Waals surface area contributed by atoms with Crippen molar-refractivity contribution in [2.24, 2.45) is 23.7 Å². The van der Waals surface area contributed by atoms with Gasteiger partial charge in [-0.25, -0.2) is 4.79 Å². The Balaban J connectivity index is 1.83. The number of hydrogen-bond donors (Lipinski definition) is 2. The lowest BCUT2D eigenvalue weighted by atomic mass is 9.88. The number of fused-ring (bicyclic) bond motifs is 1. The van der Waals surface area contributed by atoms with E-state index in [1.807, 2.05) is 0 Å². The average molecular weight is 284 g/mol. The molecule has 0 aliphatic heterocycles. The van der Waals surface area contributed by atoms with Crippen molar-refractivity contribution in [3.8, 4) is 0 Å². The van der Waals surface area contributed by atoms with Gasteiger partial charge in [-0.15, -0.1) is 0 Å². The third-order valence-corrected chi connectivity index (χ3v) is 4.67. The Bertz CT molecular complexity index is 378. The minimum atomic E-state index is -0.376. The molecule has 0 aromatic rings. The Kier molecular flexibility index (Phi) is 5.18. The monoisotopic (exact) mass is 284 g/mol. The highest BCUT2D eigenvalue weighted by molar-refractivity contribution is 5.70. The minimum absolute atomic E-state index is 0.00284. The highest BCUT2D eigenvalue weighted by Crippen LogP contribution is 2.47. The molecule has 114 valence electrons. The largest absolute Gasteiger partial charge is 0.467 e. The summed E-state index contributed by atoms with van der Waals surface area (Å²) in [5.74, 6) is 0.616. The first-order valence-electron chi connectivity index (χ1n) is 7.20. The van der Waals surface area contributed by atoms with Crippen molar-refractivity contribution in [2.75, 3.05) is 26.9 Å². The maximum atomic E-state index is 11.0. The summed E-state index contributed by atoms with van der Waals surface area (Å²) in [5.41, 5.74) is 1.32. The molecular formula is C15H24O5. The van der Waals surface area contributed by atoms with Crippen LogP contribution < -0.4 is 0 Å². The molecular weight excluding hydrogens is 260 g/mol. The van der Waals surface area contributed by atoms with E-state index in [1.165, 1.54) is 12.7 Å². The molecule has 3 unspecified atom stereocenters. The molecule has 5 atom stereocenters. The van der Waals surface area contributed by atoms with Gasteiger partial charge in [0.1, 0.15) is 6.61 Å². The predicted molar refractivity (Wildman–Crippen MR) is 72.9 cm³/mol. The zero-order chi connectivity index (χ0) is 14.7. The SMILES string of the molecule is COC(=O)COCC(C)C1=CC2C[C@@H](O)[C@H](CO)C2C1. The Morgan fingerprint density at radius 3 is 2.95 bits per heavy atom. The number of aliphatic hydroxyl groups excluding tert-OH is 2. The van der Waals surface area contributed by atoms with Crippen LogP contribution in [0.1, 0.15) is 19.8 Å². The minimum Gasteiger partial charge on any atom is -0.467 e. The Hall–Kier alpha value is -0.910. The van der Waals surface area contributed by atoms with Crippen LogP contribution in [0.5, 0.6) is 0 Å². The molecule has 0 saturated heterocycles. The molecule has 2 rings (SSSR count). The number of allylic oxidation sites excluding steroid dienone is 1. The first-order chi connectivity index (χ1) is 9.56. The van der Waals surface area contributed by atoms with E-state index in [1.54, 1.807) is 0 Å². The van der Waals surface area contributed by atoms with Gasteiger partial charge in [-0.3, -0.25) is 0 Å². The van der Waals surface area contributed by atoms with E-state index < -0.39 is 0 Å². The van der Waals surface area contributed by atoms with Crippen molar-refractivity contribution in [1.29, 1.82) is 0 Å². The Labute approximate surface area is 119 Å². The molecule has 0 radical (unpaired) electrons. The molecule has 0 aromatic carbocycles. The number of rotatable bonds is 6. The standard InChI is InChI=1S/C15H24O5/c1-9(7-20-8-15(18)19-2)10-3-11-5-14(17)13(6-16)12(11)4-10/h3,9,11-14,16-17H,4-8H2,1-2H3/t9?,11?,12?,13-,14-/m1/s1. The summed E-state index contributed by atoms with van der Waals surface area (Å²) in [6.45, 7) is 2.61. The van der Waals surface area contributed by atoms with Gasteiger partial charge in [0.2, 0.25) is 0 Å². The highest BCUT2D eigenvalue weighted by Gasteiger charge is 2.44. The molecule has 0 heterocycles. The molecule has 2 N–H and O–H groups in total. The van der Waals surface area contributed by atoms with Crippen LogP contribution in [0.4, 0.5) is 0 Å². The maximum Gasteiger partial charge on any atom is 0.331 e. The summed E-state index contributed by atoms with van der Waals surface area (Å²) in [4.78, 5) is 11.0. The second kappa shape index (κ2) is 6.70. The smallest absolute Gasteiger partial charge is 0.331 e. The fourth-order valence-electron chi connectivity index (χ4n) is 3.45. The Morgan fingerprint density at radius 1 is 1.55 bits per heavy atom. The van der Waals surface area contributed by atoms with E-state index in [-0.39, 0.29) is 37.1 Å². The van der Waals surface area contributed by atoms with Gasteiger partial charge < -0.3 is 19.7 Å². The maximum absolute atomic E-state index is 11.0.